The zero-order valence-electron chi connectivity index (χ0n) is 8.88. The summed E-state index contributed by atoms with van der Waals surface area (Å²) < 4.78 is 75.1. The quantitative estimate of drug-likeness (QED) is 0.595. The molecule has 0 aromatic carbocycles. The maximum atomic E-state index is 12.6. The van der Waals surface area contributed by atoms with Gasteiger partial charge in [0.1, 0.15) is 5.69 Å². The summed E-state index contributed by atoms with van der Waals surface area (Å²) in [5, 5.41) is 0. The first kappa shape index (κ1) is 13.4. The van der Waals surface area contributed by atoms with Crippen LogP contribution in [0.3, 0.4) is 0 Å². The summed E-state index contributed by atoms with van der Waals surface area (Å²) in [6, 6.07) is 3.36. The zero-order chi connectivity index (χ0) is 14.4. The minimum atomic E-state index is -5.28. The van der Waals surface area contributed by atoms with Gasteiger partial charge >= 0.3 is 12.4 Å². The molecule has 0 aliphatic heterocycles. The molecule has 0 bridgehead atoms. The van der Waals surface area contributed by atoms with Crippen molar-refractivity contribution in [2.24, 2.45) is 0 Å². The Balaban J connectivity index is 2.74. The molecular formula is C10H4F6N2O. The summed E-state index contributed by atoms with van der Waals surface area (Å²) in [5.74, 6) is -3.98. The van der Waals surface area contributed by atoms with Crippen LogP contribution >= 0.6 is 0 Å². The van der Waals surface area contributed by atoms with Crippen LogP contribution in [0.15, 0.2) is 24.4 Å². The molecule has 2 rings (SSSR count). The number of hydrogen-bond acceptors (Lipinski definition) is 2. The molecule has 0 amide bonds. The van der Waals surface area contributed by atoms with Gasteiger partial charge in [0.05, 0.1) is 5.52 Å². The molecule has 0 N–H and O–H groups in total. The van der Waals surface area contributed by atoms with Crippen molar-refractivity contribution in [3.8, 4) is 0 Å². The van der Waals surface area contributed by atoms with Crippen LogP contribution in [-0.4, -0.2) is 21.3 Å². The molecule has 9 heteroatoms. The minimum Gasteiger partial charge on any atom is -0.295 e. The van der Waals surface area contributed by atoms with Crippen molar-refractivity contribution in [2.45, 2.75) is 12.4 Å². The zero-order valence-corrected chi connectivity index (χ0v) is 8.88. The standard InChI is InChI=1S/C10H4F6N2O/c11-9(12,13)7(19)6-5-3-1-2-4-18(5)8(17-6)10(14,15)16/h1-4H. The molecule has 3 nitrogen and oxygen atoms in total. The molecule has 19 heavy (non-hydrogen) atoms. The third kappa shape index (κ3) is 2.27. The monoisotopic (exact) mass is 282 g/mol. The molecule has 0 radical (unpaired) electrons. The van der Waals surface area contributed by atoms with Crippen LogP contribution in [0.4, 0.5) is 26.3 Å². The highest BCUT2D eigenvalue weighted by molar-refractivity contribution is 6.04. The Labute approximate surface area is 101 Å². The van der Waals surface area contributed by atoms with E-state index in [1.54, 1.807) is 0 Å². The van der Waals surface area contributed by atoms with Crippen molar-refractivity contribution in [2.75, 3.05) is 0 Å². The van der Waals surface area contributed by atoms with Crippen molar-refractivity contribution >= 4 is 11.3 Å². The van der Waals surface area contributed by atoms with E-state index in [1.165, 1.54) is 12.1 Å². The number of halogens is 6. The third-order valence-corrected chi connectivity index (χ3v) is 2.27. The lowest BCUT2D eigenvalue weighted by atomic mass is 10.2. The first-order valence-corrected chi connectivity index (χ1v) is 4.78. The fourth-order valence-corrected chi connectivity index (χ4v) is 1.54. The Morgan fingerprint density at radius 1 is 1.11 bits per heavy atom. The third-order valence-electron chi connectivity index (χ3n) is 2.27. The van der Waals surface area contributed by atoms with E-state index in [-0.39, 0.29) is 0 Å². The number of imidazole rings is 1. The fraction of sp³-hybridized carbons (Fsp3) is 0.200. The Bertz CT molecular complexity index is 639. The maximum absolute atomic E-state index is 12.6. The Kier molecular flexibility index (Phi) is 2.79. The van der Waals surface area contributed by atoms with E-state index in [9.17, 15) is 31.1 Å². The SMILES string of the molecule is O=C(c1nc(C(F)(F)F)n2ccccc12)C(F)(F)F. The second-order valence-corrected chi connectivity index (χ2v) is 3.56. The number of carbonyl (C=O) groups excluding carboxylic acids is 1. The van der Waals surface area contributed by atoms with Gasteiger partial charge in [0.25, 0.3) is 5.78 Å². The van der Waals surface area contributed by atoms with Crippen LogP contribution in [0.2, 0.25) is 0 Å². The number of nitrogens with zero attached hydrogens (tertiary/aromatic N) is 2. The highest BCUT2D eigenvalue weighted by atomic mass is 19.4. The van der Waals surface area contributed by atoms with Gasteiger partial charge in [0.2, 0.25) is 5.82 Å². The van der Waals surface area contributed by atoms with Gasteiger partial charge in [-0.1, -0.05) is 6.07 Å². The number of pyridine rings is 1. The van der Waals surface area contributed by atoms with Crippen molar-refractivity contribution in [1.82, 2.24) is 9.38 Å². The molecule has 0 saturated carbocycles. The number of hydrogen-bond donors (Lipinski definition) is 0. The topological polar surface area (TPSA) is 34.4 Å². The van der Waals surface area contributed by atoms with Gasteiger partial charge in [-0.05, 0) is 12.1 Å². The van der Waals surface area contributed by atoms with E-state index in [1.807, 2.05) is 0 Å². The minimum absolute atomic E-state index is 0.402. The number of carbonyl (C=O) groups is 1. The summed E-state index contributed by atoms with van der Waals surface area (Å²) in [7, 11) is 0. The molecule has 2 aromatic rings. The number of rotatable bonds is 1. The molecule has 2 aromatic heterocycles. The second-order valence-electron chi connectivity index (χ2n) is 3.56. The molecule has 102 valence electrons. The highest BCUT2D eigenvalue weighted by Crippen LogP contribution is 2.32. The largest absolute Gasteiger partial charge is 0.456 e. The number of alkyl halides is 6. The lowest BCUT2D eigenvalue weighted by Crippen LogP contribution is -2.23. The molecule has 0 saturated heterocycles. The summed E-state index contributed by atoms with van der Waals surface area (Å²) >= 11 is 0. The first-order valence-electron chi connectivity index (χ1n) is 4.78. The van der Waals surface area contributed by atoms with Crippen molar-refractivity contribution in [1.29, 1.82) is 0 Å². The van der Waals surface area contributed by atoms with Crippen LogP contribution in [0.25, 0.3) is 5.52 Å². The average Bonchev–Trinajstić information content (AvgIpc) is 2.65. The van der Waals surface area contributed by atoms with E-state index in [0.717, 1.165) is 12.3 Å². The van der Waals surface area contributed by atoms with E-state index in [0.29, 0.717) is 4.40 Å². The van der Waals surface area contributed by atoms with E-state index in [4.69, 9.17) is 0 Å². The second kappa shape index (κ2) is 3.97. The number of aromatic nitrogens is 2. The van der Waals surface area contributed by atoms with Crippen LogP contribution in [0, 0.1) is 0 Å². The van der Waals surface area contributed by atoms with Gasteiger partial charge in [-0.3, -0.25) is 9.20 Å². The molecule has 0 aliphatic carbocycles. The van der Waals surface area contributed by atoms with Gasteiger partial charge in [0, 0.05) is 6.20 Å². The van der Waals surface area contributed by atoms with Crippen molar-refractivity contribution < 1.29 is 31.1 Å². The predicted molar refractivity (Wildman–Crippen MR) is 50.6 cm³/mol. The van der Waals surface area contributed by atoms with Crippen molar-refractivity contribution in [3.05, 3.63) is 35.9 Å². The van der Waals surface area contributed by atoms with Crippen LogP contribution in [0.5, 0.6) is 0 Å². The average molecular weight is 282 g/mol. The lowest BCUT2D eigenvalue weighted by Gasteiger charge is -2.03. The summed E-state index contributed by atoms with van der Waals surface area (Å²) in [6.07, 6.45) is -9.36. The smallest absolute Gasteiger partial charge is 0.295 e. The summed E-state index contributed by atoms with van der Waals surface area (Å²) in [6.45, 7) is 0. The van der Waals surface area contributed by atoms with Gasteiger partial charge < -0.3 is 0 Å². The van der Waals surface area contributed by atoms with E-state index in [2.05, 4.69) is 4.98 Å². The Morgan fingerprint density at radius 3 is 2.26 bits per heavy atom. The van der Waals surface area contributed by atoms with Crippen molar-refractivity contribution in [3.63, 3.8) is 0 Å². The summed E-state index contributed by atoms with van der Waals surface area (Å²) in [4.78, 5) is 13.8. The normalized spacial score (nSPS) is 12.9. The number of ketones is 1. The Hall–Kier alpha value is -2.06. The molecule has 0 spiro atoms. The first-order chi connectivity index (χ1) is 8.62. The number of Topliss-reactive ketones (excluding diaryl/α,β-unsaturated/α-hetero) is 1. The van der Waals surface area contributed by atoms with Crippen LogP contribution in [-0.2, 0) is 6.18 Å². The van der Waals surface area contributed by atoms with E-state index < -0.39 is 35.2 Å². The molecule has 2 heterocycles. The predicted octanol–water partition coefficient (Wildman–Crippen LogP) is 3.10. The molecule has 0 fully saturated rings. The number of fused-ring (bicyclic) bond motifs is 1. The van der Waals surface area contributed by atoms with Gasteiger partial charge in [-0.2, -0.15) is 26.3 Å². The molecule has 0 atom stereocenters. The lowest BCUT2D eigenvalue weighted by molar-refractivity contribution is -0.145. The fourth-order valence-electron chi connectivity index (χ4n) is 1.54. The van der Waals surface area contributed by atoms with E-state index >= 15 is 0 Å². The van der Waals surface area contributed by atoms with Gasteiger partial charge in [-0.15, -0.1) is 0 Å². The van der Waals surface area contributed by atoms with Gasteiger partial charge in [-0.25, -0.2) is 4.98 Å². The van der Waals surface area contributed by atoms with Crippen LogP contribution in [0.1, 0.15) is 16.3 Å². The maximum Gasteiger partial charge on any atom is 0.456 e. The molecule has 0 unspecified atom stereocenters. The van der Waals surface area contributed by atoms with Gasteiger partial charge in [0.15, 0.2) is 0 Å². The molecular weight excluding hydrogens is 278 g/mol. The van der Waals surface area contributed by atoms with Crippen LogP contribution < -0.4 is 0 Å². The summed E-state index contributed by atoms with van der Waals surface area (Å²) in [5.41, 5.74) is -1.81. The highest BCUT2D eigenvalue weighted by Gasteiger charge is 2.44. The molecule has 0 aliphatic rings. The Morgan fingerprint density at radius 2 is 1.74 bits per heavy atom.